The summed E-state index contributed by atoms with van der Waals surface area (Å²) in [7, 11) is 1.67. The first-order chi connectivity index (χ1) is 7.31. The molecule has 0 atom stereocenters. The van der Waals surface area contributed by atoms with Crippen LogP contribution in [0, 0.1) is 0 Å². The van der Waals surface area contributed by atoms with Crippen molar-refractivity contribution in [3.05, 3.63) is 47.2 Å². The highest BCUT2D eigenvalue weighted by Crippen LogP contribution is 2.29. The van der Waals surface area contributed by atoms with Gasteiger partial charge < -0.3 is 4.74 Å². The molecule has 0 aliphatic rings. The van der Waals surface area contributed by atoms with Gasteiger partial charge in [-0.25, -0.2) is 4.98 Å². The molecule has 2 aromatic rings. The van der Waals surface area contributed by atoms with Gasteiger partial charge in [0.15, 0.2) is 0 Å². The van der Waals surface area contributed by atoms with Crippen LogP contribution in [0.5, 0.6) is 5.75 Å². The maximum absolute atomic E-state index is 5.29. The molecule has 0 bridgehead atoms. The van der Waals surface area contributed by atoms with Crippen LogP contribution in [0.3, 0.4) is 0 Å². The lowest BCUT2D eigenvalue weighted by Crippen LogP contribution is -1.87. The number of methoxy groups -OCH3 is 1. The van der Waals surface area contributed by atoms with E-state index in [0.29, 0.717) is 0 Å². The Labute approximate surface area is 97.1 Å². The van der Waals surface area contributed by atoms with Crippen LogP contribution >= 0.6 is 15.9 Å². The molecule has 0 aliphatic carbocycles. The van der Waals surface area contributed by atoms with Gasteiger partial charge in [-0.3, -0.25) is 0 Å². The minimum absolute atomic E-state index is 0.834. The van der Waals surface area contributed by atoms with Gasteiger partial charge in [0.1, 0.15) is 10.4 Å². The first-order valence-electron chi connectivity index (χ1n) is 4.56. The third kappa shape index (κ3) is 2.18. The van der Waals surface area contributed by atoms with Crippen LogP contribution in [0.1, 0.15) is 0 Å². The van der Waals surface area contributed by atoms with Gasteiger partial charge >= 0.3 is 0 Å². The monoisotopic (exact) mass is 263 g/mol. The van der Waals surface area contributed by atoms with Crippen LogP contribution in [0.2, 0.25) is 0 Å². The molecule has 1 aromatic carbocycles. The van der Waals surface area contributed by atoms with Gasteiger partial charge in [-0.05, 0) is 28.1 Å². The van der Waals surface area contributed by atoms with Crippen LogP contribution in [0.15, 0.2) is 47.2 Å². The van der Waals surface area contributed by atoms with Crippen LogP contribution in [0.25, 0.3) is 11.1 Å². The highest BCUT2D eigenvalue weighted by Gasteiger charge is 2.04. The molecule has 0 saturated heterocycles. The summed E-state index contributed by atoms with van der Waals surface area (Å²) in [5.74, 6) is 0.863. The van der Waals surface area contributed by atoms with E-state index in [1.807, 2.05) is 42.6 Å². The Balaban J connectivity index is 2.49. The summed E-state index contributed by atoms with van der Waals surface area (Å²) in [6.07, 6.45) is 1.82. The minimum atomic E-state index is 0.834. The lowest BCUT2D eigenvalue weighted by Gasteiger charge is -2.07. The van der Waals surface area contributed by atoms with Crippen LogP contribution in [-0.2, 0) is 0 Å². The van der Waals surface area contributed by atoms with E-state index in [-0.39, 0.29) is 0 Å². The predicted octanol–water partition coefficient (Wildman–Crippen LogP) is 3.52. The fourth-order valence-electron chi connectivity index (χ4n) is 1.42. The molecule has 0 fully saturated rings. The second-order valence-electron chi connectivity index (χ2n) is 3.07. The van der Waals surface area contributed by atoms with Gasteiger partial charge in [-0.15, -0.1) is 0 Å². The quantitative estimate of drug-likeness (QED) is 0.774. The number of halogens is 1. The van der Waals surface area contributed by atoms with E-state index in [1.54, 1.807) is 7.11 Å². The fourth-order valence-corrected chi connectivity index (χ4v) is 1.65. The van der Waals surface area contributed by atoms with Crippen molar-refractivity contribution in [1.29, 1.82) is 0 Å². The molecular weight excluding hydrogens is 254 g/mol. The Morgan fingerprint density at radius 1 is 1.13 bits per heavy atom. The largest absolute Gasteiger partial charge is 0.496 e. The number of hydrogen-bond acceptors (Lipinski definition) is 2. The highest BCUT2D eigenvalue weighted by molar-refractivity contribution is 9.10. The lowest BCUT2D eigenvalue weighted by atomic mass is 10.1. The number of pyridine rings is 1. The molecule has 0 N–H and O–H groups in total. The molecule has 3 heteroatoms. The van der Waals surface area contributed by atoms with Crippen molar-refractivity contribution in [3.63, 3.8) is 0 Å². The summed E-state index contributed by atoms with van der Waals surface area (Å²) in [6, 6.07) is 11.8. The van der Waals surface area contributed by atoms with Crippen LogP contribution in [0.4, 0.5) is 0 Å². The molecule has 1 heterocycles. The summed E-state index contributed by atoms with van der Waals surface area (Å²) in [4.78, 5) is 4.19. The summed E-state index contributed by atoms with van der Waals surface area (Å²) < 4.78 is 6.12. The fraction of sp³-hybridized carbons (Fsp3) is 0.0833. The first-order valence-corrected chi connectivity index (χ1v) is 5.35. The average molecular weight is 264 g/mol. The number of ether oxygens (including phenoxy) is 1. The van der Waals surface area contributed by atoms with E-state index in [1.165, 1.54) is 0 Å². The van der Waals surface area contributed by atoms with Crippen molar-refractivity contribution in [2.24, 2.45) is 0 Å². The molecule has 76 valence electrons. The maximum atomic E-state index is 5.29. The van der Waals surface area contributed by atoms with Gasteiger partial charge in [0.25, 0.3) is 0 Å². The summed E-state index contributed by atoms with van der Waals surface area (Å²) in [5.41, 5.74) is 2.11. The lowest BCUT2D eigenvalue weighted by molar-refractivity contribution is 0.416. The van der Waals surface area contributed by atoms with Gasteiger partial charge in [0, 0.05) is 17.3 Å². The second kappa shape index (κ2) is 4.45. The van der Waals surface area contributed by atoms with E-state index < -0.39 is 0 Å². The van der Waals surface area contributed by atoms with Gasteiger partial charge in [0.2, 0.25) is 0 Å². The van der Waals surface area contributed by atoms with Gasteiger partial charge in [0.05, 0.1) is 7.11 Å². The molecule has 0 amide bonds. The second-order valence-corrected chi connectivity index (χ2v) is 3.88. The smallest absolute Gasteiger partial charge is 0.126 e. The number of nitrogens with zero attached hydrogens (tertiary/aromatic N) is 1. The Hall–Kier alpha value is -1.35. The van der Waals surface area contributed by atoms with E-state index >= 15 is 0 Å². The predicted molar refractivity (Wildman–Crippen MR) is 63.9 cm³/mol. The molecule has 15 heavy (non-hydrogen) atoms. The maximum Gasteiger partial charge on any atom is 0.126 e. The summed E-state index contributed by atoms with van der Waals surface area (Å²) in [5, 5.41) is 0. The molecule has 0 aliphatic heterocycles. The SMILES string of the molecule is COc1ccccc1-c1ccc(Br)nc1. The van der Waals surface area contributed by atoms with Crippen molar-refractivity contribution < 1.29 is 4.74 Å². The zero-order valence-electron chi connectivity index (χ0n) is 8.27. The molecule has 0 spiro atoms. The Bertz CT molecular complexity index is 453. The number of rotatable bonds is 2. The summed E-state index contributed by atoms with van der Waals surface area (Å²) in [6.45, 7) is 0. The molecule has 2 rings (SSSR count). The minimum Gasteiger partial charge on any atom is -0.496 e. The standard InChI is InChI=1S/C12H10BrNO/c1-15-11-5-3-2-4-10(11)9-6-7-12(13)14-8-9/h2-8H,1H3. The van der Waals surface area contributed by atoms with Crippen LogP contribution < -0.4 is 4.74 Å². The van der Waals surface area contributed by atoms with E-state index in [4.69, 9.17) is 4.74 Å². The van der Waals surface area contributed by atoms with E-state index in [9.17, 15) is 0 Å². The third-order valence-corrected chi connectivity index (χ3v) is 2.61. The molecule has 0 saturated carbocycles. The Kier molecular flexibility index (Phi) is 3.02. The number of hydrogen-bond donors (Lipinski definition) is 0. The Morgan fingerprint density at radius 2 is 1.93 bits per heavy atom. The average Bonchev–Trinajstić information content (AvgIpc) is 2.30. The van der Waals surface area contributed by atoms with Crippen molar-refractivity contribution in [3.8, 4) is 16.9 Å². The normalized spacial score (nSPS) is 10.0. The van der Waals surface area contributed by atoms with Crippen molar-refractivity contribution in [2.45, 2.75) is 0 Å². The topological polar surface area (TPSA) is 22.1 Å². The molecule has 1 aromatic heterocycles. The van der Waals surface area contributed by atoms with Crippen LogP contribution in [-0.4, -0.2) is 12.1 Å². The van der Waals surface area contributed by atoms with Crippen molar-refractivity contribution >= 4 is 15.9 Å². The van der Waals surface area contributed by atoms with E-state index in [2.05, 4.69) is 20.9 Å². The Morgan fingerprint density at radius 3 is 2.60 bits per heavy atom. The van der Waals surface area contributed by atoms with Gasteiger partial charge in [-0.1, -0.05) is 24.3 Å². The third-order valence-electron chi connectivity index (χ3n) is 2.15. The van der Waals surface area contributed by atoms with Crippen molar-refractivity contribution in [2.75, 3.05) is 7.11 Å². The molecule has 0 radical (unpaired) electrons. The van der Waals surface area contributed by atoms with Gasteiger partial charge in [-0.2, -0.15) is 0 Å². The number of benzene rings is 1. The zero-order chi connectivity index (χ0) is 10.7. The zero-order valence-corrected chi connectivity index (χ0v) is 9.86. The number of aromatic nitrogens is 1. The number of para-hydroxylation sites is 1. The first kappa shape index (κ1) is 10.2. The molecule has 2 nitrogen and oxygen atoms in total. The molecular formula is C12H10BrNO. The molecule has 0 unspecified atom stereocenters. The highest BCUT2D eigenvalue weighted by atomic mass is 79.9. The summed E-state index contributed by atoms with van der Waals surface area (Å²) >= 11 is 3.31. The van der Waals surface area contributed by atoms with E-state index in [0.717, 1.165) is 21.5 Å². The van der Waals surface area contributed by atoms with Crippen molar-refractivity contribution in [1.82, 2.24) is 4.98 Å².